The highest BCUT2D eigenvalue weighted by Crippen LogP contribution is 2.28. The van der Waals surface area contributed by atoms with Gasteiger partial charge in [0.25, 0.3) is 0 Å². The zero-order valence-electron chi connectivity index (χ0n) is 16.5. The van der Waals surface area contributed by atoms with Crippen molar-refractivity contribution < 1.29 is 23.5 Å². The number of aromatic nitrogens is 1. The highest BCUT2D eigenvalue weighted by molar-refractivity contribution is 6.30. The first-order valence-electron chi connectivity index (χ1n) is 9.53. The van der Waals surface area contributed by atoms with Crippen LogP contribution in [0.1, 0.15) is 11.1 Å². The summed E-state index contributed by atoms with van der Waals surface area (Å²) in [6.45, 7) is 0. The van der Waals surface area contributed by atoms with E-state index in [4.69, 9.17) is 21.1 Å². The van der Waals surface area contributed by atoms with E-state index in [2.05, 4.69) is 10.3 Å². The van der Waals surface area contributed by atoms with E-state index < -0.39 is 17.7 Å². The summed E-state index contributed by atoms with van der Waals surface area (Å²) < 4.78 is 20.2. The third kappa shape index (κ3) is 5.01. The van der Waals surface area contributed by atoms with Gasteiger partial charge in [0.05, 0.1) is 12.1 Å². The van der Waals surface area contributed by atoms with Crippen molar-refractivity contribution in [1.29, 1.82) is 0 Å². The number of aliphatic carboxylic acids is 1. The molecule has 0 bridgehead atoms. The lowest BCUT2D eigenvalue weighted by molar-refractivity contribution is -0.136. The number of oxazole rings is 1. The lowest BCUT2D eigenvalue weighted by Crippen LogP contribution is -2.09. The largest absolute Gasteiger partial charge is 0.481 e. The van der Waals surface area contributed by atoms with E-state index in [0.29, 0.717) is 27.2 Å². The van der Waals surface area contributed by atoms with Gasteiger partial charge in [-0.15, -0.1) is 0 Å². The quantitative estimate of drug-likeness (QED) is 0.375. The zero-order chi connectivity index (χ0) is 22.7. The minimum Gasteiger partial charge on any atom is -0.481 e. The third-order valence-corrected chi connectivity index (χ3v) is 4.83. The minimum absolute atomic E-state index is 0.0133. The molecule has 1 heterocycles. The van der Waals surface area contributed by atoms with Gasteiger partial charge >= 0.3 is 5.97 Å². The van der Waals surface area contributed by atoms with Crippen LogP contribution in [0.4, 0.5) is 10.1 Å². The standard InChI is InChI=1S/C24H16ClFN2O4/c25-17-6-1-14(2-7-17)4-10-22(29)27-19-8-5-16(13-18(19)26)24-28-20-11-15(12-23(30)31)3-9-21(20)32-24/h1-11,13H,12H2,(H,27,29)(H,30,31)/b10-4+. The van der Waals surface area contributed by atoms with Crippen molar-refractivity contribution >= 4 is 46.3 Å². The fraction of sp³-hybridized carbons (Fsp3) is 0.0417. The van der Waals surface area contributed by atoms with Crippen LogP contribution in [-0.4, -0.2) is 22.0 Å². The fourth-order valence-electron chi connectivity index (χ4n) is 3.05. The number of fused-ring (bicyclic) bond motifs is 1. The number of hydrogen-bond donors (Lipinski definition) is 2. The lowest BCUT2D eigenvalue weighted by atomic mass is 10.1. The van der Waals surface area contributed by atoms with Crippen LogP contribution in [0.25, 0.3) is 28.6 Å². The number of benzene rings is 3. The number of rotatable bonds is 6. The van der Waals surface area contributed by atoms with Gasteiger partial charge < -0.3 is 14.8 Å². The second kappa shape index (κ2) is 9.03. The molecule has 0 unspecified atom stereocenters. The molecule has 32 heavy (non-hydrogen) atoms. The highest BCUT2D eigenvalue weighted by atomic mass is 35.5. The van der Waals surface area contributed by atoms with Gasteiger partial charge in [-0.05, 0) is 59.7 Å². The smallest absolute Gasteiger partial charge is 0.307 e. The Morgan fingerprint density at radius 1 is 1.09 bits per heavy atom. The molecule has 0 aliphatic carbocycles. The fourth-order valence-corrected chi connectivity index (χ4v) is 3.18. The first-order valence-corrected chi connectivity index (χ1v) is 9.91. The minimum atomic E-state index is -0.948. The highest BCUT2D eigenvalue weighted by Gasteiger charge is 2.13. The molecule has 6 nitrogen and oxygen atoms in total. The first-order chi connectivity index (χ1) is 15.4. The van der Waals surface area contributed by atoms with Crippen molar-refractivity contribution in [2.75, 3.05) is 5.32 Å². The van der Waals surface area contributed by atoms with Crippen LogP contribution < -0.4 is 5.32 Å². The number of carboxylic acid groups (broad SMARTS) is 1. The number of anilines is 1. The van der Waals surface area contributed by atoms with Crippen molar-refractivity contribution in [2.24, 2.45) is 0 Å². The Hall–Kier alpha value is -3.97. The number of amides is 1. The molecule has 160 valence electrons. The van der Waals surface area contributed by atoms with Gasteiger partial charge in [0.15, 0.2) is 5.58 Å². The Balaban J connectivity index is 1.49. The summed E-state index contributed by atoms with van der Waals surface area (Å²) in [5, 5.41) is 12.0. The van der Waals surface area contributed by atoms with E-state index in [9.17, 15) is 14.0 Å². The number of hydrogen-bond acceptors (Lipinski definition) is 4. The van der Waals surface area contributed by atoms with E-state index in [1.165, 1.54) is 18.2 Å². The van der Waals surface area contributed by atoms with E-state index >= 15 is 0 Å². The van der Waals surface area contributed by atoms with Gasteiger partial charge in [0.2, 0.25) is 11.8 Å². The van der Waals surface area contributed by atoms with Crippen LogP contribution in [0.2, 0.25) is 5.02 Å². The molecule has 3 aromatic carbocycles. The summed E-state index contributed by atoms with van der Waals surface area (Å²) in [6.07, 6.45) is 2.76. The lowest BCUT2D eigenvalue weighted by Gasteiger charge is -2.05. The van der Waals surface area contributed by atoms with Gasteiger partial charge in [-0.25, -0.2) is 9.37 Å². The van der Waals surface area contributed by atoms with Crippen LogP contribution in [0.3, 0.4) is 0 Å². The Kier molecular flexibility index (Phi) is 6.00. The SMILES string of the molecule is O=C(O)Cc1ccc2oc(-c3ccc(NC(=O)/C=C/c4ccc(Cl)cc4)c(F)c3)nc2c1. The summed E-state index contributed by atoms with van der Waals surface area (Å²) in [5.41, 5.74) is 2.69. The molecular weight excluding hydrogens is 435 g/mol. The summed E-state index contributed by atoms with van der Waals surface area (Å²) in [4.78, 5) is 27.3. The Bertz CT molecular complexity index is 1350. The van der Waals surface area contributed by atoms with Gasteiger partial charge in [-0.1, -0.05) is 29.8 Å². The van der Waals surface area contributed by atoms with Crippen LogP contribution in [0.5, 0.6) is 0 Å². The predicted molar refractivity (Wildman–Crippen MR) is 120 cm³/mol. The number of nitrogens with zero attached hydrogens (tertiary/aromatic N) is 1. The molecule has 1 amide bonds. The Labute approximate surface area is 187 Å². The molecule has 4 rings (SSSR count). The molecule has 0 fully saturated rings. The van der Waals surface area contributed by atoms with Crippen molar-refractivity contribution in [3.05, 3.63) is 88.7 Å². The Morgan fingerprint density at radius 3 is 2.59 bits per heavy atom. The number of carbonyl (C=O) groups excluding carboxylic acids is 1. The van der Waals surface area contributed by atoms with Gasteiger partial charge in [-0.2, -0.15) is 0 Å². The second-order valence-electron chi connectivity index (χ2n) is 6.96. The van der Waals surface area contributed by atoms with E-state index in [1.54, 1.807) is 54.6 Å². The molecule has 0 spiro atoms. The van der Waals surface area contributed by atoms with Gasteiger partial charge in [0.1, 0.15) is 11.3 Å². The second-order valence-corrected chi connectivity index (χ2v) is 7.40. The molecule has 0 radical (unpaired) electrons. The van der Waals surface area contributed by atoms with E-state index in [-0.39, 0.29) is 18.0 Å². The maximum atomic E-state index is 14.6. The first kappa shape index (κ1) is 21.3. The van der Waals surface area contributed by atoms with E-state index in [1.807, 2.05) is 0 Å². The molecule has 0 aliphatic heterocycles. The number of halogens is 2. The summed E-state index contributed by atoms with van der Waals surface area (Å²) in [6, 6.07) is 16.0. The van der Waals surface area contributed by atoms with Crippen LogP contribution in [-0.2, 0) is 16.0 Å². The van der Waals surface area contributed by atoms with Crippen molar-refractivity contribution in [1.82, 2.24) is 4.98 Å². The van der Waals surface area contributed by atoms with Crippen molar-refractivity contribution in [3.63, 3.8) is 0 Å². The normalized spacial score (nSPS) is 11.2. The molecule has 0 aliphatic rings. The molecule has 0 saturated heterocycles. The molecule has 2 N–H and O–H groups in total. The third-order valence-electron chi connectivity index (χ3n) is 4.58. The molecule has 0 saturated carbocycles. The molecule has 4 aromatic rings. The average molecular weight is 451 g/mol. The summed E-state index contributed by atoms with van der Waals surface area (Å²) in [5.74, 6) is -1.90. The molecule has 1 aromatic heterocycles. The molecule has 0 atom stereocenters. The molecule has 8 heteroatoms. The number of nitrogens with one attached hydrogen (secondary N) is 1. The predicted octanol–water partition coefficient (Wildman–Crippen LogP) is 5.57. The van der Waals surface area contributed by atoms with Crippen LogP contribution >= 0.6 is 11.6 Å². The monoisotopic (exact) mass is 450 g/mol. The maximum Gasteiger partial charge on any atom is 0.307 e. The number of carbonyl (C=O) groups is 2. The number of carboxylic acids is 1. The Morgan fingerprint density at radius 2 is 1.88 bits per heavy atom. The maximum absolute atomic E-state index is 14.6. The van der Waals surface area contributed by atoms with Gasteiger partial charge in [-0.3, -0.25) is 9.59 Å². The van der Waals surface area contributed by atoms with E-state index in [0.717, 1.165) is 5.56 Å². The average Bonchev–Trinajstić information content (AvgIpc) is 3.18. The van der Waals surface area contributed by atoms with Crippen LogP contribution in [0, 0.1) is 5.82 Å². The summed E-state index contributed by atoms with van der Waals surface area (Å²) >= 11 is 5.83. The summed E-state index contributed by atoms with van der Waals surface area (Å²) in [7, 11) is 0. The van der Waals surface area contributed by atoms with Gasteiger partial charge in [0, 0.05) is 16.7 Å². The van der Waals surface area contributed by atoms with Crippen molar-refractivity contribution in [2.45, 2.75) is 6.42 Å². The van der Waals surface area contributed by atoms with Crippen molar-refractivity contribution in [3.8, 4) is 11.5 Å². The van der Waals surface area contributed by atoms with Crippen LogP contribution in [0.15, 0.2) is 71.2 Å². The molecular formula is C24H16ClFN2O4. The topological polar surface area (TPSA) is 92.4 Å². The zero-order valence-corrected chi connectivity index (χ0v) is 17.3.